The van der Waals surface area contributed by atoms with E-state index >= 15 is 0 Å². The van der Waals surface area contributed by atoms with E-state index in [1.807, 2.05) is 0 Å². The third-order valence-corrected chi connectivity index (χ3v) is 2.16. The van der Waals surface area contributed by atoms with E-state index < -0.39 is 11.9 Å². The van der Waals surface area contributed by atoms with E-state index in [0.29, 0.717) is 11.1 Å². The van der Waals surface area contributed by atoms with Crippen LogP contribution in [0.15, 0.2) is 18.2 Å². The van der Waals surface area contributed by atoms with Crippen LogP contribution in [0.3, 0.4) is 0 Å². The smallest absolute Gasteiger partial charge is 0.312 e. The number of carbonyl (C=O) groups is 1. The third-order valence-electron chi connectivity index (χ3n) is 2.16. The van der Waals surface area contributed by atoms with Crippen LogP contribution in [0, 0.1) is 6.92 Å². The number of benzene rings is 1. The maximum absolute atomic E-state index is 10.8. The second-order valence-electron chi connectivity index (χ2n) is 3.17. The number of phenols is 1. The Labute approximate surface area is 82.0 Å². The lowest BCUT2D eigenvalue weighted by Gasteiger charge is -2.11. The van der Waals surface area contributed by atoms with Crippen LogP contribution in [-0.2, 0) is 4.79 Å². The molecule has 4 N–H and O–H groups in total. The van der Waals surface area contributed by atoms with Gasteiger partial charge in [0, 0.05) is 6.54 Å². The molecule has 1 aromatic rings. The highest BCUT2D eigenvalue weighted by Gasteiger charge is 2.18. The lowest BCUT2D eigenvalue weighted by Crippen LogP contribution is -2.21. The molecule has 0 radical (unpaired) electrons. The normalized spacial score (nSPS) is 12.4. The molecule has 0 aliphatic rings. The van der Waals surface area contributed by atoms with Gasteiger partial charge in [0.15, 0.2) is 0 Å². The number of hydrogen-bond acceptors (Lipinski definition) is 3. The molecule has 1 aromatic carbocycles. The van der Waals surface area contributed by atoms with Gasteiger partial charge in [-0.2, -0.15) is 0 Å². The Kier molecular flexibility index (Phi) is 3.09. The number of carboxylic acid groups (broad SMARTS) is 1. The Hall–Kier alpha value is -1.55. The van der Waals surface area contributed by atoms with Crippen LogP contribution < -0.4 is 5.73 Å². The molecule has 0 saturated carbocycles. The number of phenolic OH excluding ortho intramolecular Hbond substituents is 1. The summed E-state index contributed by atoms with van der Waals surface area (Å²) in [5, 5.41) is 18.1. The van der Waals surface area contributed by atoms with Crippen LogP contribution in [0.4, 0.5) is 0 Å². The van der Waals surface area contributed by atoms with Crippen LogP contribution in [0.1, 0.15) is 17.0 Å². The van der Waals surface area contributed by atoms with Gasteiger partial charge in [-0.1, -0.05) is 12.1 Å². The number of aryl methyl sites for hydroxylation is 1. The maximum atomic E-state index is 10.8. The molecule has 0 spiro atoms. The first-order valence-electron chi connectivity index (χ1n) is 4.28. The number of hydrogen-bond donors (Lipinski definition) is 3. The van der Waals surface area contributed by atoms with Crippen molar-refractivity contribution in [2.75, 3.05) is 6.54 Å². The molecule has 0 aromatic heterocycles. The molecule has 0 aliphatic heterocycles. The molecular weight excluding hydrogens is 182 g/mol. The van der Waals surface area contributed by atoms with Crippen LogP contribution in [0.25, 0.3) is 0 Å². The highest BCUT2D eigenvalue weighted by molar-refractivity contribution is 5.76. The van der Waals surface area contributed by atoms with Crippen LogP contribution in [-0.4, -0.2) is 22.7 Å². The zero-order valence-corrected chi connectivity index (χ0v) is 7.90. The number of carboxylic acids is 1. The summed E-state index contributed by atoms with van der Waals surface area (Å²) in [6.45, 7) is 1.77. The summed E-state index contributed by atoms with van der Waals surface area (Å²) >= 11 is 0. The number of aliphatic carboxylic acids is 1. The van der Waals surface area contributed by atoms with Crippen molar-refractivity contribution in [3.63, 3.8) is 0 Å². The number of aromatic hydroxyl groups is 1. The lowest BCUT2D eigenvalue weighted by molar-refractivity contribution is -0.138. The van der Waals surface area contributed by atoms with Gasteiger partial charge >= 0.3 is 5.97 Å². The molecule has 0 aliphatic carbocycles. The van der Waals surface area contributed by atoms with Crippen molar-refractivity contribution in [1.82, 2.24) is 0 Å². The molecule has 4 nitrogen and oxygen atoms in total. The fourth-order valence-electron chi connectivity index (χ4n) is 1.27. The van der Waals surface area contributed by atoms with Gasteiger partial charge < -0.3 is 15.9 Å². The molecule has 0 saturated heterocycles. The minimum absolute atomic E-state index is 0.0551. The molecule has 0 fully saturated rings. The predicted octanol–water partition coefficient (Wildman–Crippen LogP) is 0.828. The summed E-state index contributed by atoms with van der Waals surface area (Å²) in [5.74, 6) is -1.48. The molecule has 1 rings (SSSR count). The van der Waals surface area contributed by atoms with Crippen molar-refractivity contribution in [3.05, 3.63) is 29.3 Å². The van der Waals surface area contributed by atoms with Crippen molar-refractivity contribution in [1.29, 1.82) is 0 Å². The van der Waals surface area contributed by atoms with Gasteiger partial charge in [0.2, 0.25) is 0 Å². The molecule has 14 heavy (non-hydrogen) atoms. The Morgan fingerprint density at radius 1 is 1.57 bits per heavy atom. The van der Waals surface area contributed by atoms with Gasteiger partial charge in [-0.25, -0.2) is 0 Å². The average Bonchev–Trinajstić information content (AvgIpc) is 2.11. The third kappa shape index (κ3) is 2.03. The molecule has 4 heteroatoms. The second-order valence-corrected chi connectivity index (χ2v) is 3.17. The topological polar surface area (TPSA) is 83.6 Å². The van der Waals surface area contributed by atoms with E-state index in [4.69, 9.17) is 10.8 Å². The van der Waals surface area contributed by atoms with Gasteiger partial charge in [-0.15, -0.1) is 0 Å². The highest BCUT2D eigenvalue weighted by atomic mass is 16.4. The highest BCUT2D eigenvalue weighted by Crippen LogP contribution is 2.22. The summed E-state index contributed by atoms with van der Waals surface area (Å²) in [6.07, 6.45) is 0. The van der Waals surface area contributed by atoms with Gasteiger partial charge in [-0.3, -0.25) is 4.79 Å². The Bertz CT molecular complexity index is 349. The van der Waals surface area contributed by atoms with Crippen LogP contribution in [0.2, 0.25) is 0 Å². The minimum Gasteiger partial charge on any atom is -0.508 e. The fraction of sp³-hybridized carbons (Fsp3) is 0.300. The van der Waals surface area contributed by atoms with Gasteiger partial charge in [0.05, 0.1) is 5.92 Å². The van der Waals surface area contributed by atoms with Crippen molar-refractivity contribution >= 4 is 5.97 Å². The summed E-state index contributed by atoms with van der Waals surface area (Å²) < 4.78 is 0. The van der Waals surface area contributed by atoms with Crippen LogP contribution >= 0.6 is 0 Å². The first-order chi connectivity index (χ1) is 6.56. The summed E-state index contributed by atoms with van der Waals surface area (Å²) in [6, 6.07) is 4.70. The van der Waals surface area contributed by atoms with E-state index in [2.05, 4.69) is 0 Å². The van der Waals surface area contributed by atoms with E-state index in [-0.39, 0.29) is 12.3 Å². The molecule has 0 heterocycles. The van der Waals surface area contributed by atoms with E-state index in [1.165, 1.54) is 6.07 Å². The fourth-order valence-corrected chi connectivity index (χ4v) is 1.27. The van der Waals surface area contributed by atoms with E-state index in [9.17, 15) is 9.90 Å². The Morgan fingerprint density at radius 3 is 2.64 bits per heavy atom. The van der Waals surface area contributed by atoms with Gasteiger partial charge in [0.25, 0.3) is 0 Å². The van der Waals surface area contributed by atoms with E-state index in [0.717, 1.165) is 0 Å². The first kappa shape index (κ1) is 10.5. The van der Waals surface area contributed by atoms with Crippen molar-refractivity contribution < 1.29 is 15.0 Å². The summed E-state index contributed by atoms with van der Waals surface area (Å²) in [7, 11) is 0. The second kappa shape index (κ2) is 4.11. The van der Waals surface area contributed by atoms with Gasteiger partial charge in [0.1, 0.15) is 5.75 Å². The molecule has 1 unspecified atom stereocenters. The zero-order chi connectivity index (χ0) is 10.7. The SMILES string of the molecule is Cc1cc(C(CN)C(=O)O)ccc1O. The first-order valence-corrected chi connectivity index (χ1v) is 4.28. The quantitative estimate of drug-likeness (QED) is 0.667. The molecular formula is C10H13NO3. The van der Waals surface area contributed by atoms with Crippen LogP contribution in [0.5, 0.6) is 5.75 Å². The summed E-state index contributed by atoms with van der Waals surface area (Å²) in [5.41, 5.74) is 6.63. The molecule has 76 valence electrons. The standard InChI is InChI=1S/C10H13NO3/c1-6-4-7(2-3-9(6)12)8(5-11)10(13)14/h2-4,8,12H,5,11H2,1H3,(H,13,14). The molecule has 0 amide bonds. The number of rotatable bonds is 3. The monoisotopic (exact) mass is 195 g/mol. The lowest BCUT2D eigenvalue weighted by atomic mass is 9.97. The average molecular weight is 195 g/mol. The van der Waals surface area contributed by atoms with Gasteiger partial charge in [-0.05, 0) is 24.1 Å². The largest absolute Gasteiger partial charge is 0.508 e. The zero-order valence-electron chi connectivity index (χ0n) is 7.90. The van der Waals surface area contributed by atoms with Crippen molar-refractivity contribution in [2.45, 2.75) is 12.8 Å². The Morgan fingerprint density at radius 2 is 2.21 bits per heavy atom. The summed E-state index contributed by atoms with van der Waals surface area (Å²) in [4.78, 5) is 10.8. The molecule has 1 atom stereocenters. The molecule has 0 bridgehead atoms. The maximum Gasteiger partial charge on any atom is 0.312 e. The van der Waals surface area contributed by atoms with E-state index in [1.54, 1.807) is 19.1 Å². The minimum atomic E-state index is -0.947. The Balaban J connectivity index is 3.06. The van der Waals surface area contributed by atoms with Crippen molar-refractivity contribution in [3.8, 4) is 5.75 Å². The predicted molar refractivity (Wildman–Crippen MR) is 52.3 cm³/mol. The number of nitrogens with two attached hydrogens (primary N) is 1. The van der Waals surface area contributed by atoms with Crippen molar-refractivity contribution in [2.24, 2.45) is 5.73 Å².